The number of hydrogen-bond donors (Lipinski definition) is 0. The maximum absolute atomic E-state index is 6.15. The van der Waals surface area contributed by atoms with E-state index in [4.69, 9.17) is 16.6 Å². The summed E-state index contributed by atoms with van der Waals surface area (Å²) in [5, 5.41) is 5.57. The maximum atomic E-state index is 6.15. The summed E-state index contributed by atoms with van der Waals surface area (Å²) in [6.45, 7) is 6.48. The lowest BCUT2D eigenvalue weighted by Gasteiger charge is -2.32. The summed E-state index contributed by atoms with van der Waals surface area (Å²) >= 11 is 6.15. The highest BCUT2D eigenvalue weighted by atomic mass is 35.5. The smallest absolute Gasteiger partial charge is 0.160 e. The summed E-state index contributed by atoms with van der Waals surface area (Å²) in [6.07, 6.45) is 2.46. The van der Waals surface area contributed by atoms with E-state index in [2.05, 4.69) is 23.0 Å². The van der Waals surface area contributed by atoms with Crippen LogP contribution in [0.1, 0.15) is 31.0 Å². The van der Waals surface area contributed by atoms with E-state index in [9.17, 15) is 0 Å². The lowest BCUT2D eigenvalue weighted by molar-refractivity contribution is 0.436. The standard InChI is InChI=1S/C15H21ClN4/c1-10-4-6-20(7-5-10)14-12(9-16)8-13-11(2)18-19(3)15(13)17-14/h8,10H,4-7,9H2,1-3H3. The molecule has 20 heavy (non-hydrogen) atoms. The number of anilines is 1. The molecule has 0 aromatic carbocycles. The summed E-state index contributed by atoms with van der Waals surface area (Å²) in [7, 11) is 1.95. The second-order valence-corrected chi connectivity index (χ2v) is 6.12. The van der Waals surface area contributed by atoms with Gasteiger partial charge in [-0.05, 0) is 31.7 Å². The van der Waals surface area contributed by atoms with Gasteiger partial charge in [-0.25, -0.2) is 4.98 Å². The number of piperidine rings is 1. The van der Waals surface area contributed by atoms with Crippen molar-refractivity contribution in [3.05, 3.63) is 17.3 Å². The molecule has 0 N–H and O–H groups in total. The number of rotatable bonds is 2. The first-order valence-corrected chi connectivity index (χ1v) is 7.77. The van der Waals surface area contributed by atoms with Crippen molar-refractivity contribution in [1.29, 1.82) is 0 Å². The number of halogens is 1. The highest BCUT2D eigenvalue weighted by Gasteiger charge is 2.21. The molecule has 3 rings (SSSR count). The van der Waals surface area contributed by atoms with Gasteiger partial charge in [0.2, 0.25) is 0 Å². The van der Waals surface area contributed by atoms with Crippen molar-refractivity contribution in [1.82, 2.24) is 14.8 Å². The first kappa shape index (κ1) is 13.7. The molecule has 4 nitrogen and oxygen atoms in total. The average Bonchev–Trinajstić information content (AvgIpc) is 2.73. The molecule has 0 spiro atoms. The van der Waals surface area contributed by atoms with E-state index < -0.39 is 0 Å². The normalized spacial score (nSPS) is 17.1. The molecule has 2 aromatic heterocycles. The van der Waals surface area contributed by atoms with Gasteiger partial charge < -0.3 is 4.90 Å². The van der Waals surface area contributed by atoms with Crippen LogP contribution in [0.15, 0.2) is 6.07 Å². The Morgan fingerprint density at radius 2 is 2.05 bits per heavy atom. The fraction of sp³-hybridized carbons (Fsp3) is 0.600. The van der Waals surface area contributed by atoms with Crippen LogP contribution >= 0.6 is 11.6 Å². The van der Waals surface area contributed by atoms with E-state index in [1.807, 2.05) is 18.7 Å². The Balaban J connectivity index is 2.07. The average molecular weight is 293 g/mol. The van der Waals surface area contributed by atoms with Gasteiger partial charge in [0.15, 0.2) is 5.65 Å². The molecule has 1 aliphatic rings. The van der Waals surface area contributed by atoms with Gasteiger partial charge in [-0.1, -0.05) is 6.92 Å². The minimum absolute atomic E-state index is 0.499. The number of hydrogen-bond acceptors (Lipinski definition) is 3. The maximum Gasteiger partial charge on any atom is 0.160 e. The van der Waals surface area contributed by atoms with Gasteiger partial charge in [0.1, 0.15) is 5.82 Å². The highest BCUT2D eigenvalue weighted by Crippen LogP contribution is 2.29. The van der Waals surface area contributed by atoms with Crippen LogP contribution in [0.25, 0.3) is 11.0 Å². The third kappa shape index (κ3) is 2.26. The van der Waals surface area contributed by atoms with Crippen molar-refractivity contribution in [2.75, 3.05) is 18.0 Å². The van der Waals surface area contributed by atoms with Crippen molar-refractivity contribution in [2.24, 2.45) is 13.0 Å². The van der Waals surface area contributed by atoms with Crippen LogP contribution in [0.3, 0.4) is 0 Å². The van der Waals surface area contributed by atoms with Gasteiger partial charge in [-0.15, -0.1) is 11.6 Å². The van der Waals surface area contributed by atoms with Crippen molar-refractivity contribution >= 4 is 28.5 Å². The Morgan fingerprint density at radius 1 is 1.35 bits per heavy atom. The fourth-order valence-electron chi connectivity index (χ4n) is 2.97. The third-order valence-corrected chi connectivity index (χ3v) is 4.57. The zero-order chi connectivity index (χ0) is 14.3. The van der Waals surface area contributed by atoms with Gasteiger partial charge >= 0.3 is 0 Å². The fourth-order valence-corrected chi connectivity index (χ4v) is 3.16. The van der Waals surface area contributed by atoms with Crippen LogP contribution in [0.2, 0.25) is 0 Å². The van der Waals surface area contributed by atoms with Crippen molar-refractivity contribution in [3.63, 3.8) is 0 Å². The lowest BCUT2D eigenvalue weighted by Crippen LogP contribution is -2.34. The Bertz CT molecular complexity index is 626. The van der Waals surface area contributed by atoms with Gasteiger partial charge in [-0.2, -0.15) is 5.10 Å². The van der Waals surface area contributed by atoms with Crippen molar-refractivity contribution < 1.29 is 0 Å². The van der Waals surface area contributed by atoms with Crippen LogP contribution in [0, 0.1) is 12.8 Å². The summed E-state index contributed by atoms with van der Waals surface area (Å²) in [5.74, 6) is 2.36. The molecule has 5 heteroatoms. The minimum Gasteiger partial charge on any atom is -0.356 e. The summed E-state index contributed by atoms with van der Waals surface area (Å²) in [4.78, 5) is 7.23. The number of fused-ring (bicyclic) bond motifs is 1. The molecule has 3 heterocycles. The topological polar surface area (TPSA) is 34.0 Å². The zero-order valence-corrected chi connectivity index (χ0v) is 13.1. The quantitative estimate of drug-likeness (QED) is 0.797. The Labute approximate surface area is 124 Å². The van der Waals surface area contributed by atoms with Crippen LogP contribution < -0.4 is 4.90 Å². The number of alkyl halides is 1. The highest BCUT2D eigenvalue weighted by molar-refractivity contribution is 6.17. The predicted octanol–water partition coefficient (Wildman–Crippen LogP) is 3.25. The molecule has 0 amide bonds. The van der Waals surface area contributed by atoms with Crippen LogP contribution in [0.5, 0.6) is 0 Å². The van der Waals surface area contributed by atoms with Crippen LogP contribution in [-0.4, -0.2) is 27.9 Å². The second-order valence-electron chi connectivity index (χ2n) is 5.85. The SMILES string of the molecule is Cc1nn(C)c2nc(N3CCC(C)CC3)c(CCl)cc12. The molecular formula is C15H21ClN4. The molecule has 0 aliphatic carbocycles. The summed E-state index contributed by atoms with van der Waals surface area (Å²) < 4.78 is 1.86. The molecule has 1 saturated heterocycles. The van der Waals surface area contributed by atoms with Crippen LogP contribution in [-0.2, 0) is 12.9 Å². The molecule has 0 radical (unpaired) electrons. The first-order chi connectivity index (χ1) is 9.60. The minimum atomic E-state index is 0.499. The summed E-state index contributed by atoms with van der Waals surface area (Å²) in [5.41, 5.74) is 3.08. The van der Waals surface area contributed by atoms with E-state index in [-0.39, 0.29) is 0 Å². The monoisotopic (exact) mass is 292 g/mol. The lowest BCUT2D eigenvalue weighted by atomic mass is 9.99. The van der Waals surface area contributed by atoms with Gasteiger partial charge in [0.05, 0.1) is 11.6 Å². The Morgan fingerprint density at radius 3 is 2.70 bits per heavy atom. The molecule has 1 fully saturated rings. The van der Waals surface area contributed by atoms with E-state index in [0.29, 0.717) is 5.88 Å². The van der Waals surface area contributed by atoms with Gasteiger partial charge in [-0.3, -0.25) is 4.68 Å². The van der Waals surface area contributed by atoms with E-state index >= 15 is 0 Å². The van der Waals surface area contributed by atoms with E-state index in [1.165, 1.54) is 12.8 Å². The van der Waals surface area contributed by atoms with Crippen LogP contribution in [0.4, 0.5) is 5.82 Å². The first-order valence-electron chi connectivity index (χ1n) is 7.24. The Kier molecular flexibility index (Phi) is 3.59. The molecule has 2 aromatic rings. The summed E-state index contributed by atoms with van der Waals surface area (Å²) in [6, 6.07) is 2.16. The predicted molar refractivity (Wildman–Crippen MR) is 83.4 cm³/mol. The number of aryl methyl sites for hydroxylation is 2. The molecule has 0 saturated carbocycles. The molecule has 0 bridgehead atoms. The van der Waals surface area contributed by atoms with E-state index in [0.717, 1.165) is 47.1 Å². The van der Waals surface area contributed by atoms with Gasteiger partial charge in [0.25, 0.3) is 0 Å². The largest absolute Gasteiger partial charge is 0.356 e. The number of aromatic nitrogens is 3. The van der Waals surface area contributed by atoms with Gasteiger partial charge in [0, 0.05) is 31.1 Å². The van der Waals surface area contributed by atoms with Crippen molar-refractivity contribution in [2.45, 2.75) is 32.6 Å². The van der Waals surface area contributed by atoms with Crippen molar-refractivity contribution in [3.8, 4) is 0 Å². The molecule has 108 valence electrons. The number of pyridine rings is 1. The zero-order valence-electron chi connectivity index (χ0n) is 12.4. The molecule has 0 unspecified atom stereocenters. The Hall–Kier alpha value is -1.29. The third-order valence-electron chi connectivity index (χ3n) is 4.28. The molecule has 0 atom stereocenters. The molecule has 1 aliphatic heterocycles. The van der Waals surface area contributed by atoms with E-state index in [1.54, 1.807) is 0 Å². The second kappa shape index (κ2) is 5.24. The molecular weight excluding hydrogens is 272 g/mol. The number of nitrogens with zero attached hydrogens (tertiary/aromatic N) is 4.